The molecule has 0 aliphatic heterocycles. The van der Waals surface area contributed by atoms with Crippen LogP contribution in [0.2, 0.25) is 0 Å². The number of allylic oxidation sites excluding steroid dienone is 1. The van der Waals surface area contributed by atoms with E-state index in [2.05, 4.69) is 22.6 Å². The van der Waals surface area contributed by atoms with E-state index in [1.165, 1.54) is 25.7 Å². The third-order valence-corrected chi connectivity index (χ3v) is 3.74. The first-order chi connectivity index (χ1) is 5.81. The van der Waals surface area contributed by atoms with Crippen LogP contribution >= 0.6 is 22.6 Å². The fraction of sp³-hybridized carbons (Fsp3) is 0.700. The first kappa shape index (κ1) is 8.73. The van der Waals surface area contributed by atoms with Gasteiger partial charge < -0.3 is 0 Å². The quantitative estimate of drug-likeness (QED) is 0.560. The van der Waals surface area contributed by atoms with Gasteiger partial charge in [0.15, 0.2) is 5.78 Å². The SMILES string of the molecule is O=C(/C=C/I)C1CC2CCC2C1. The Labute approximate surface area is 86.7 Å². The van der Waals surface area contributed by atoms with Crippen molar-refractivity contribution in [2.24, 2.45) is 17.8 Å². The molecule has 0 aromatic heterocycles. The highest BCUT2D eigenvalue weighted by Gasteiger charge is 2.41. The minimum Gasteiger partial charge on any atom is -0.295 e. The van der Waals surface area contributed by atoms with E-state index in [0.29, 0.717) is 11.7 Å². The molecule has 2 fully saturated rings. The van der Waals surface area contributed by atoms with Crippen molar-refractivity contribution in [3.63, 3.8) is 0 Å². The highest BCUT2D eigenvalue weighted by molar-refractivity contribution is 14.1. The van der Waals surface area contributed by atoms with Gasteiger partial charge in [-0.15, -0.1) is 0 Å². The normalized spacial score (nSPS) is 39.6. The van der Waals surface area contributed by atoms with E-state index in [9.17, 15) is 4.79 Å². The van der Waals surface area contributed by atoms with Gasteiger partial charge in [0.05, 0.1) is 0 Å². The lowest BCUT2D eigenvalue weighted by Crippen LogP contribution is -2.18. The highest BCUT2D eigenvalue weighted by Crippen LogP contribution is 2.49. The Morgan fingerprint density at radius 3 is 2.25 bits per heavy atom. The maximum atomic E-state index is 11.5. The lowest BCUT2D eigenvalue weighted by molar-refractivity contribution is -0.118. The molecule has 2 saturated carbocycles. The molecule has 2 rings (SSSR count). The number of carbonyl (C=O) groups excluding carboxylic acids is 1. The molecule has 0 N–H and O–H groups in total. The van der Waals surface area contributed by atoms with Crippen LogP contribution in [0.15, 0.2) is 10.2 Å². The first-order valence-electron chi connectivity index (χ1n) is 4.62. The third-order valence-electron chi connectivity index (χ3n) is 3.38. The van der Waals surface area contributed by atoms with Crippen LogP contribution in [0.3, 0.4) is 0 Å². The molecule has 0 bridgehead atoms. The average Bonchev–Trinajstić information content (AvgIpc) is 2.29. The molecule has 0 radical (unpaired) electrons. The summed E-state index contributed by atoms with van der Waals surface area (Å²) < 4.78 is 1.83. The van der Waals surface area contributed by atoms with Gasteiger partial charge in [0.25, 0.3) is 0 Å². The third kappa shape index (κ3) is 1.45. The Kier molecular flexibility index (Phi) is 2.53. The number of halogens is 1. The molecule has 1 nitrogen and oxygen atoms in total. The Morgan fingerprint density at radius 1 is 1.25 bits per heavy atom. The number of rotatable bonds is 2. The minimum atomic E-state index is 0.360. The molecule has 2 aliphatic carbocycles. The van der Waals surface area contributed by atoms with E-state index in [1.807, 2.05) is 4.08 Å². The van der Waals surface area contributed by atoms with Crippen LogP contribution in [0.5, 0.6) is 0 Å². The van der Waals surface area contributed by atoms with Gasteiger partial charge in [-0.05, 0) is 47.7 Å². The second kappa shape index (κ2) is 3.48. The second-order valence-corrected chi connectivity index (χ2v) is 4.68. The summed E-state index contributed by atoms with van der Waals surface area (Å²) in [5.41, 5.74) is 0. The summed E-state index contributed by atoms with van der Waals surface area (Å²) in [6, 6.07) is 0. The fourth-order valence-electron chi connectivity index (χ4n) is 2.52. The molecule has 0 aromatic rings. The smallest absolute Gasteiger partial charge is 0.159 e. The summed E-state index contributed by atoms with van der Waals surface area (Å²) in [6.45, 7) is 0. The molecule has 2 heteroatoms. The summed E-state index contributed by atoms with van der Waals surface area (Å²) in [7, 11) is 0. The fourth-order valence-corrected chi connectivity index (χ4v) is 2.87. The van der Waals surface area contributed by atoms with E-state index < -0.39 is 0 Å². The van der Waals surface area contributed by atoms with E-state index in [1.54, 1.807) is 6.08 Å². The zero-order valence-electron chi connectivity index (χ0n) is 7.00. The number of hydrogen-bond acceptors (Lipinski definition) is 1. The highest BCUT2D eigenvalue weighted by atomic mass is 127. The molecule has 2 unspecified atom stereocenters. The van der Waals surface area contributed by atoms with Gasteiger partial charge in [-0.3, -0.25) is 4.79 Å². The van der Waals surface area contributed by atoms with Crippen molar-refractivity contribution in [1.29, 1.82) is 0 Å². The molecule has 0 aromatic carbocycles. The number of fused-ring (bicyclic) bond motifs is 1. The first-order valence-corrected chi connectivity index (χ1v) is 5.86. The largest absolute Gasteiger partial charge is 0.295 e. The van der Waals surface area contributed by atoms with Crippen LogP contribution in [0, 0.1) is 17.8 Å². The van der Waals surface area contributed by atoms with Crippen LogP contribution in [-0.4, -0.2) is 5.78 Å². The monoisotopic (exact) mass is 276 g/mol. The molecule has 0 amide bonds. The lowest BCUT2D eigenvalue weighted by atomic mass is 9.77. The van der Waals surface area contributed by atoms with E-state index >= 15 is 0 Å². The second-order valence-electron chi connectivity index (χ2n) is 3.96. The van der Waals surface area contributed by atoms with Crippen molar-refractivity contribution in [2.75, 3.05) is 0 Å². The molecular weight excluding hydrogens is 263 g/mol. The molecule has 0 spiro atoms. The van der Waals surface area contributed by atoms with Gasteiger partial charge in [-0.25, -0.2) is 0 Å². The van der Waals surface area contributed by atoms with Gasteiger partial charge in [0.1, 0.15) is 0 Å². The lowest BCUT2D eigenvalue weighted by Gasteiger charge is -2.29. The number of ketones is 1. The van der Waals surface area contributed by atoms with E-state index in [-0.39, 0.29) is 0 Å². The number of hydrogen-bond donors (Lipinski definition) is 0. The average molecular weight is 276 g/mol. The Balaban J connectivity index is 1.94. The zero-order chi connectivity index (χ0) is 8.55. The van der Waals surface area contributed by atoms with E-state index in [0.717, 1.165) is 11.8 Å². The van der Waals surface area contributed by atoms with Gasteiger partial charge in [-0.1, -0.05) is 22.6 Å². The van der Waals surface area contributed by atoms with E-state index in [4.69, 9.17) is 0 Å². The van der Waals surface area contributed by atoms with Gasteiger partial charge in [0, 0.05) is 5.92 Å². The molecule has 66 valence electrons. The van der Waals surface area contributed by atoms with Gasteiger partial charge in [-0.2, -0.15) is 0 Å². The van der Waals surface area contributed by atoms with Crippen molar-refractivity contribution in [3.8, 4) is 0 Å². The summed E-state index contributed by atoms with van der Waals surface area (Å²) in [6.07, 6.45) is 6.83. The maximum Gasteiger partial charge on any atom is 0.159 e. The standard InChI is InChI=1S/C10H13IO/c11-4-3-10(12)9-5-7-1-2-8(7)6-9/h3-4,7-9H,1-2,5-6H2/b4-3+. The van der Waals surface area contributed by atoms with Crippen molar-refractivity contribution in [3.05, 3.63) is 10.2 Å². The molecular formula is C10H13IO. The van der Waals surface area contributed by atoms with Crippen LogP contribution in [0.4, 0.5) is 0 Å². The maximum absolute atomic E-state index is 11.5. The Morgan fingerprint density at radius 2 is 1.83 bits per heavy atom. The molecule has 2 atom stereocenters. The number of carbonyl (C=O) groups is 1. The van der Waals surface area contributed by atoms with Crippen molar-refractivity contribution in [1.82, 2.24) is 0 Å². The zero-order valence-corrected chi connectivity index (χ0v) is 9.16. The minimum absolute atomic E-state index is 0.360. The van der Waals surface area contributed by atoms with Crippen molar-refractivity contribution >= 4 is 28.4 Å². The van der Waals surface area contributed by atoms with Crippen molar-refractivity contribution < 1.29 is 4.79 Å². The molecule has 0 saturated heterocycles. The van der Waals surface area contributed by atoms with Crippen LogP contribution < -0.4 is 0 Å². The van der Waals surface area contributed by atoms with Gasteiger partial charge in [0.2, 0.25) is 0 Å². The van der Waals surface area contributed by atoms with Crippen molar-refractivity contribution in [2.45, 2.75) is 25.7 Å². The van der Waals surface area contributed by atoms with Crippen LogP contribution in [0.25, 0.3) is 0 Å². The summed E-state index contributed by atoms with van der Waals surface area (Å²) in [5.74, 6) is 2.54. The predicted octanol–water partition coefficient (Wildman–Crippen LogP) is 2.94. The topological polar surface area (TPSA) is 17.1 Å². The predicted molar refractivity (Wildman–Crippen MR) is 57.1 cm³/mol. The molecule has 12 heavy (non-hydrogen) atoms. The Hall–Kier alpha value is 0.140. The van der Waals surface area contributed by atoms with Crippen LogP contribution in [-0.2, 0) is 4.79 Å². The summed E-state index contributed by atoms with van der Waals surface area (Å²) >= 11 is 2.11. The molecule has 0 heterocycles. The molecule has 2 aliphatic rings. The van der Waals surface area contributed by atoms with Gasteiger partial charge >= 0.3 is 0 Å². The summed E-state index contributed by atoms with van der Waals surface area (Å²) in [4.78, 5) is 11.5. The Bertz CT molecular complexity index is 210. The summed E-state index contributed by atoms with van der Waals surface area (Å²) in [5, 5.41) is 0. The van der Waals surface area contributed by atoms with Crippen LogP contribution in [0.1, 0.15) is 25.7 Å².